The van der Waals surface area contributed by atoms with Gasteiger partial charge in [0.1, 0.15) is 0 Å². The maximum Gasteiger partial charge on any atom is 0.350 e. The summed E-state index contributed by atoms with van der Waals surface area (Å²) >= 11 is 5.79. The summed E-state index contributed by atoms with van der Waals surface area (Å²) in [5.41, 5.74) is 0. The van der Waals surface area contributed by atoms with E-state index in [0.29, 0.717) is 17.6 Å². The third-order valence-corrected chi connectivity index (χ3v) is 2.06. The molecule has 1 aromatic rings. The molecule has 0 saturated carbocycles. The van der Waals surface area contributed by atoms with Gasteiger partial charge in [-0.3, -0.25) is 0 Å². The van der Waals surface area contributed by atoms with E-state index < -0.39 is 0 Å². The van der Waals surface area contributed by atoms with Gasteiger partial charge in [0.2, 0.25) is 12.9 Å². The maximum absolute atomic E-state index is 11.4. The first kappa shape index (κ1) is 14.4. The summed E-state index contributed by atoms with van der Waals surface area (Å²) < 4.78 is 6.26. The van der Waals surface area contributed by atoms with Crippen LogP contribution in [0.5, 0.6) is 0 Å². The van der Waals surface area contributed by atoms with E-state index in [1.165, 1.54) is 4.68 Å². The van der Waals surface area contributed by atoms with Gasteiger partial charge in [0.25, 0.3) is 0 Å². The number of aliphatic imine (C=N–C) groups is 1. The first-order valence-corrected chi connectivity index (χ1v) is 5.83. The summed E-state index contributed by atoms with van der Waals surface area (Å²) in [4.78, 5) is 17.4. The summed E-state index contributed by atoms with van der Waals surface area (Å²) in [5, 5.41) is 4.32. The molecule has 0 amide bonds. The molecular weight excluding hydrogens is 256 g/mol. The van der Waals surface area contributed by atoms with Crippen molar-refractivity contribution in [3.8, 4) is 0 Å². The van der Waals surface area contributed by atoms with Gasteiger partial charge < -0.3 is 9.64 Å². The van der Waals surface area contributed by atoms with Crippen LogP contribution in [0.15, 0.2) is 17.1 Å². The highest BCUT2D eigenvalue weighted by Crippen LogP contribution is 2.07. The molecule has 98 valence electrons. The first-order valence-electron chi connectivity index (χ1n) is 5.46. The maximum atomic E-state index is 11.4. The van der Waals surface area contributed by atoms with E-state index in [1.807, 2.05) is 14.1 Å². The number of aromatic nitrogens is 2. The number of nitrogens with zero attached hydrogens (tertiary/aromatic N) is 4. The number of hydrogen-bond donors (Lipinski definition) is 0. The van der Waals surface area contributed by atoms with Gasteiger partial charge in [0.15, 0.2) is 5.15 Å². The molecule has 7 heteroatoms. The molecule has 0 atom stereocenters. The molecule has 1 heterocycles. The van der Waals surface area contributed by atoms with Gasteiger partial charge in [-0.1, -0.05) is 16.7 Å². The molecule has 0 aliphatic carbocycles. The lowest BCUT2D eigenvalue weighted by Gasteiger charge is -2.02. The predicted octanol–water partition coefficient (Wildman–Crippen LogP) is 0.807. The Bertz CT molecular complexity index is 449. The quantitative estimate of drug-likeness (QED) is 0.344. The highest BCUT2D eigenvalue weighted by atomic mass is 35.5. The summed E-state index contributed by atoms with van der Waals surface area (Å²) in [6, 6.07) is 3.31. The Morgan fingerprint density at radius 1 is 1.61 bits per heavy atom. The third kappa shape index (κ3) is 4.67. The molecule has 18 heavy (non-hydrogen) atoms. The van der Waals surface area contributed by atoms with Gasteiger partial charge in [-0.15, -0.1) is 4.68 Å². The topological polar surface area (TPSA) is 58.7 Å². The van der Waals surface area contributed by atoms with Crippen molar-refractivity contribution in [2.24, 2.45) is 4.99 Å². The number of halogens is 1. The van der Waals surface area contributed by atoms with Crippen molar-refractivity contribution < 1.29 is 14.2 Å². The average molecular weight is 272 g/mol. The fraction of sp³-hybridized carbons (Fsp3) is 0.455. The van der Waals surface area contributed by atoms with Crippen molar-refractivity contribution in [1.82, 2.24) is 10.00 Å². The van der Waals surface area contributed by atoms with Crippen LogP contribution in [0.2, 0.25) is 5.15 Å². The van der Waals surface area contributed by atoms with Crippen LogP contribution in [-0.2, 0) is 16.1 Å². The predicted molar refractivity (Wildman–Crippen MR) is 67.9 cm³/mol. The number of ether oxygens (including phenoxy) is 1. The van der Waals surface area contributed by atoms with E-state index in [-0.39, 0.29) is 12.5 Å². The van der Waals surface area contributed by atoms with E-state index in [9.17, 15) is 4.79 Å². The molecule has 0 aliphatic rings. The van der Waals surface area contributed by atoms with Gasteiger partial charge >= 0.3 is 11.8 Å². The number of esters is 1. The van der Waals surface area contributed by atoms with Gasteiger partial charge in [0, 0.05) is 20.2 Å². The van der Waals surface area contributed by atoms with Crippen molar-refractivity contribution in [2.75, 3.05) is 20.7 Å². The zero-order valence-corrected chi connectivity index (χ0v) is 11.4. The minimum atomic E-state index is -0.376. The van der Waals surface area contributed by atoms with E-state index in [2.05, 4.69) is 10.1 Å². The van der Waals surface area contributed by atoms with Crippen LogP contribution in [0.4, 0.5) is 5.82 Å². The second-order valence-corrected chi connectivity index (χ2v) is 4.07. The Balaban J connectivity index is 2.93. The number of rotatable bonds is 5. The Morgan fingerprint density at radius 2 is 2.33 bits per heavy atom. The van der Waals surface area contributed by atoms with Crippen LogP contribution >= 0.6 is 11.6 Å². The normalized spacial score (nSPS) is 10.7. The molecule has 0 radical (unpaired) electrons. The fourth-order valence-corrected chi connectivity index (χ4v) is 1.31. The summed E-state index contributed by atoms with van der Waals surface area (Å²) in [5.74, 6) is 0.153. The summed E-state index contributed by atoms with van der Waals surface area (Å²) in [6.07, 6.45) is 1.62. The largest absolute Gasteiger partial charge is 0.463 e. The van der Waals surface area contributed by atoms with Crippen LogP contribution in [0.3, 0.4) is 0 Å². The summed E-state index contributed by atoms with van der Waals surface area (Å²) in [6.45, 7) is 2.06. The zero-order chi connectivity index (χ0) is 13.5. The molecule has 1 rings (SSSR count). The van der Waals surface area contributed by atoms with Crippen LogP contribution < -0.4 is 4.68 Å². The molecule has 0 saturated heterocycles. The molecule has 0 N–H and O–H groups in total. The first-order chi connectivity index (χ1) is 8.52. The molecule has 0 fully saturated rings. The lowest BCUT2D eigenvalue weighted by atomic mass is 10.5. The van der Waals surface area contributed by atoms with Crippen molar-refractivity contribution >= 4 is 29.7 Å². The minimum absolute atomic E-state index is 0.0193. The minimum Gasteiger partial charge on any atom is -0.463 e. The number of hydrogen-bond acceptors (Lipinski definition) is 4. The Kier molecular flexibility index (Phi) is 5.51. The molecule has 0 bridgehead atoms. The second-order valence-electron chi connectivity index (χ2n) is 3.69. The molecule has 0 aromatic carbocycles. The van der Waals surface area contributed by atoms with Crippen LogP contribution in [0, 0.1) is 0 Å². The van der Waals surface area contributed by atoms with Crippen molar-refractivity contribution in [3.05, 3.63) is 17.3 Å². The monoisotopic (exact) mass is 271 g/mol. The highest BCUT2D eigenvalue weighted by Gasteiger charge is 2.16. The molecule has 1 aromatic heterocycles. The SMILES string of the molecule is CCOC(=O)C[n+]1nc(Cl)ccc1N=CN(C)C. The Labute approximate surface area is 111 Å². The van der Waals surface area contributed by atoms with Crippen LogP contribution in [-0.4, -0.2) is 43.0 Å². The number of carbonyl (C=O) groups is 1. The van der Waals surface area contributed by atoms with E-state index in [1.54, 1.807) is 30.3 Å². The molecule has 6 nitrogen and oxygen atoms in total. The highest BCUT2D eigenvalue weighted by molar-refractivity contribution is 6.29. The van der Waals surface area contributed by atoms with Crippen LogP contribution in [0.1, 0.15) is 6.92 Å². The fourth-order valence-electron chi connectivity index (χ4n) is 1.16. The van der Waals surface area contributed by atoms with Gasteiger partial charge in [0.05, 0.1) is 6.61 Å². The molecule has 0 aliphatic heterocycles. The lowest BCUT2D eigenvalue weighted by molar-refractivity contribution is -0.731. The van der Waals surface area contributed by atoms with Crippen molar-refractivity contribution in [3.63, 3.8) is 0 Å². The van der Waals surface area contributed by atoms with Gasteiger partial charge in [-0.25, -0.2) is 4.79 Å². The standard InChI is InChI=1S/C11H16ClN4O2/c1-4-18-11(17)7-16-10(13-8-15(2)3)6-5-9(12)14-16/h5-6,8H,4,7H2,1-3H3/q+1. The van der Waals surface area contributed by atoms with E-state index in [4.69, 9.17) is 16.3 Å². The summed E-state index contributed by atoms with van der Waals surface area (Å²) in [7, 11) is 3.70. The Hall–Kier alpha value is -1.69. The van der Waals surface area contributed by atoms with Crippen molar-refractivity contribution in [2.45, 2.75) is 13.5 Å². The van der Waals surface area contributed by atoms with E-state index >= 15 is 0 Å². The van der Waals surface area contributed by atoms with Crippen LogP contribution in [0.25, 0.3) is 0 Å². The average Bonchev–Trinajstić information content (AvgIpc) is 2.28. The zero-order valence-electron chi connectivity index (χ0n) is 10.6. The number of carbonyl (C=O) groups excluding carboxylic acids is 1. The molecular formula is C11H16ClN4O2+. The second kappa shape index (κ2) is 6.90. The van der Waals surface area contributed by atoms with Gasteiger partial charge in [-0.2, -0.15) is 0 Å². The molecule has 0 unspecified atom stereocenters. The van der Waals surface area contributed by atoms with E-state index in [0.717, 1.165) is 0 Å². The van der Waals surface area contributed by atoms with Crippen molar-refractivity contribution in [1.29, 1.82) is 0 Å². The van der Waals surface area contributed by atoms with Gasteiger partial charge in [-0.05, 0) is 18.0 Å². The smallest absolute Gasteiger partial charge is 0.350 e. The molecule has 0 spiro atoms. The Morgan fingerprint density at radius 3 is 2.94 bits per heavy atom. The third-order valence-electron chi connectivity index (χ3n) is 1.86. The lowest BCUT2D eigenvalue weighted by Crippen LogP contribution is -2.42.